The summed E-state index contributed by atoms with van der Waals surface area (Å²) < 4.78 is 10.5. The molecule has 0 unspecified atom stereocenters. The van der Waals surface area contributed by atoms with Crippen molar-refractivity contribution in [3.05, 3.63) is 30.3 Å². The number of nitrogens with two attached hydrogens (primary N) is 1. The van der Waals surface area contributed by atoms with Gasteiger partial charge in [0, 0.05) is 0 Å². The molecule has 0 spiro atoms. The zero-order chi connectivity index (χ0) is 13.6. The summed E-state index contributed by atoms with van der Waals surface area (Å²) in [5.41, 5.74) is 5.48. The molecule has 1 atom stereocenters. The maximum atomic E-state index is 11.6. The molecule has 0 saturated heterocycles. The highest BCUT2D eigenvalue weighted by molar-refractivity contribution is 5.76. The lowest BCUT2D eigenvalue weighted by Gasteiger charge is -2.24. The van der Waals surface area contributed by atoms with Crippen LogP contribution in [0.25, 0.3) is 0 Å². The third-order valence-corrected chi connectivity index (χ3v) is 2.53. The number of ether oxygens (including phenoxy) is 2. The number of esters is 1. The minimum absolute atomic E-state index is 0.206. The molecule has 0 fully saturated rings. The number of carbonyl (C=O) groups is 1. The van der Waals surface area contributed by atoms with Crippen LogP contribution in [-0.4, -0.2) is 25.2 Å². The average molecular weight is 251 g/mol. The lowest BCUT2D eigenvalue weighted by atomic mass is 9.87. The van der Waals surface area contributed by atoms with Gasteiger partial charge in [-0.2, -0.15) is 0 Å². The SMILES string of the molecule is CC(C)(C)[C@@H](N)C(=O)OCCOc1ccccc1. The topological polar surface area (TPSA) is 61.6 Å². The summed E-state index contributed by atoms with van der Waals surface area (Å²) in [6.45, 7) is 6.24. The van der Waals surface area contributed by atoms with Crippen molar-refractivity contribution < 1.29 is 14.3 Å². The van der Waals surface area contributed by atoms with E-state index in [0.29, 0.717) is 6.61 Å². The minimum atomic E-state index is -0.616. The Morgan fingerprint density at radius 1 is 1.22 bits per heavy atom. The quantitative estimate of drug-likeness (QED) is 0.642. The smallest absolute Gasteiger partial charge is 0.323 e. The Labute approximate surface area is 108 Å². The largest absolute Gasteiger partial charge is 0.490 e. The van der Waals surface area contributed by atoms with Crippen LogP contribution in [0.4, 0.5) is 0 Å². The zero-order valence-electron chi connectivity index (χ0n) is 11.2. The summed E-state index contributed by atoms with van der Waals surface area (Å²) in [4.78, 5) is 11.6. The molecule has 0 heterocycles. The molecule has 100 valence electrons. The molecule has 1 rings (SSSR count). The summed E-state index contributed by atoms with van der Waals surface area (Å²) in [5, 5.41) is 0. The Morgan fingerprint density at radius 2 is 1.83 bits per heavy atom. The van der Waals surface area contributed by atoms with Gasteiger partial charge in [0.15, 0.2) is 0 Å². The zero-order valence-corrected chi connectivity index (χ0v) is 11.2. The van der Waals surface area contributed by atoms with Crippen molar-refractivity contribution in [1.29, 1.82) is 0 Å². The Hall–Kier alpha value is -1.55. The first-order valence-electron chi connectivity index (χ1n) is 6.01. The number of benzene rings is 1. The van der Waals surface area contributed by atoms with Crippen LogP contribution < -0.4 is 10.5 Å². The van der Waals surface area contributed by atoms with E-state index in [1.807, 2.05) is 51.1 Å². The highest BCUT2D eigenvalue weighted by Crippen LogP contribution is 2.18. The third-order valence-electron chi connectivity index (χ3n) is 2.53. The molecule has 0 saturated carbocycles. The van der Waals surface area contributed by atoms with Crippen LogP contribution in [-0.2, 0) is 9.53 Å². The Balaban J connectivity index is 2.24. The highest BCUT2D eigenvalue weighted by Gasteiger charge is 2.28. The fraction of sp³-hybridized carbons (Fsp3) is 0.500. The standard InChI is InChI=1S/C14H21NO3/c1-14(2,3)12(15)13(16)18-10-9-17-11-7-5-4-6-8-11/h4-8,12H,9-10,15H2,1-3H3/t12-/m0/s1. The normalized spacial score (nSPS) is 12.9. The Kier molecular flexibility index (Phi) is 5.16. The molecule has 0 aliphatic heterocycles. The molecule has 4 heteroatoms. The van der Waals surface area contributed by atoms with Gasteiger partial charge in [-0.05, 0) is 17.5 Å². The predicted molar refractivity (Wildman–Crippen MR) is 70.3 cm³/mol. The van der Waals surface area contributed by atoms with Gasteiger partial charge in [0.1, 0.15) is 25.0 Å². The first-order chi connectivity index (χ1) is 8.41. The second kappa shape index (κ2) is 6.40. The summed E-state index contributed by atoms with van der Waals surface area (Å²) in [6.07, 6.45) is 0. The van der Waals surface area contributed by atoms with E-state index < -0.39 is 6.04 Å². The van der Waals surface area contributed by atoms with Gasteiger partial charge in [0.2, 0.25) is 0 Å². The predicted octanol–water partition coefficient (Wildman–Crippen LogP) is 1.98. The lowest BCUT2D eigenvalue weighted by molar-refractivity contribution is -0.148. The van der Waals surface area contributed by atoms with Crippen LogP contribution in [0.3, 0.4) is 0 Å². The average Bonchev–Trinajstić information content (AvgIpc) is 2.33. The second-order valence-corrected chi connectivity index (χ2v) is 5.17. The molecule has 1 aromatic rings. The lowest BCUT2D eigenvalue weighted by Crippen LogP contribution is -2.43. The molecule has 1 aromatic carbocycles. The molecule has 0 radical (unpaired) electrons. The number of carbonyl (C=O) groups excluding carboxylic acids is 1. The Bertz CT molecular complexity index is 370. The highest BCUT2D eigenvalue weighted by atomic mass is 16.6. The van der Waals surface area contributed by atoms with Gasteiger partial charge in [-0.1, -0.05) is 39.0 Å². The van der Waals surface area contributed by atoms with Gasteiger partial charge < -0.3 is 15.2 Å². The molecule has 0 aliphatic rings. The number of hydrogen-bond donors (Lipinski definition) is 1. The minimum Gasteiger partial charge on any atom is -0.490 e. The van der Waals surface area contributed by atoms with Crippen molar-refractivity contribution in [2.75, 3.05) is 13.2 Å². The first-order valence-corrected chi connectivity index (χ1v) is 6.01. The fourth-order valence-corrected chi connectivity index (χ4v) is 1.26. The molecule has 0 amide bonds. The maximum Gasteiger partial charge on any atom is 0.323 e. The summed E-state index contributed by atoms with van der Waals surface area (Å²) in [6, 6.07) is 8.77. The summed E-state index contributed by atoms with van der Waals surface area (Å²) in [5.74, 6) is 0.368. The summed E-state index contributed by atoms with van der Waals surface area (Å²) in [7, 11) is 0. The first kappa shape index (κ1) is 14.5. The summed E-state index contributed by atoms with van der Waals surface area (Å²) >= 11 is 0. The van der Waals surface area contributed by atoms with E-state index in [2.05, 4.69) is 0 Å². The van der Waals surface area contributed by atoms with Crippen LogP contribution in [0.1, 0.15) is 20.8 Å². The van der Waals surface area contributed by atoms with Crippen LogP contribution >= 0.6 is 0 Å². The van der Waals surface area contributed by atoms with Crippen molar-refractivity contribution in [3.8, 4) is 5.75 Å². The van der Waals surface area contributed by atoms with Gasteiger partial charge in [-0.15, -0.1) is 0 Å². The number of hydrogen-bond acceptors (Lipinski definition) is 4. The third kappa shape index (κ3) is 4.75. The van der Waals surface area contributed by atoms with E-state index >= 15 is 0 Å². The molecule has 18 heavy (non-hydrogen) atoms. The van der Waals surface area contributed by atoms with Crippen molar-refractivity contribution in [2.24, 2.45) is 11.1 Å². The van der Waals surface area contributed by atoms with Gasteiger partial charge in [-0.25, -0.2) is 0 Å². The van der Waals surface area contributed by atoms with E-state index in [0.717, 1.165) is 5.75 Å². The second-order valence-electron chi connectivity index (χ2n) is 5.17. The van der Waals surface area contributed by atoms with Crippen molar-refractivity contribution >= 4 is 5.97 Å². The molecule has 2 N–H and O–H groups in total. The molecule has 0 aliphatic carbocycles. The number of para-hydroxylation sites is 1. The monoisotopic (exact) mass is 251 g/mol. The van der Waals surface area contributed by atoms with E-state index in [9.17, 15) is 4.79 Å². The maximum absolute atomic E-state index is 11.6. The van der Waals surface area contributed by atoms with Gasteiger partial charge >= 0.3 is 5.97 Å². The molecule has 4 nitrogen and oxygen atoms in total. The molecule has 0 bridgehead atoms. The van der Waals surface area contributed by atoms with Gasteiger partial charge in [0.25, 0.3) is 0 Å². The van der Waals surface area contributed by atoms with Crippen molar-refractivity contribution in [3.63, 3.8) is 0 Å². The van der Waals surface area contributed by atoms with Crippen molar-refractivity contribution in [2.45, 2.75) is 26.8 Å². The van der Waals surface area contributed by atoms with E-state index in [4.69, 9.17) is 15.2 Å². The van der Waals surface area contributed by atoms with Crippen LogP contribution in [0.15, 0.2) is 30.3 Å². The van der Waals surface area contributed by atoms with Crippen LogP contribution in [0.2, 0.25) is 0 Å². The van der Waals surface area contributed by atoms with E-state index in [-0.39, 0.29) is 18.0 Å². The molecular weight excluding hydrogens is 230 g/mol. The number of rotatable bonds is 5. The van der Waals surface area contributed by atoms with Gasteiger partial charge in [0.05, 0.1) is 0 Å². The molecule has 0 aromatic heterocycles. The van der Waals surface area contributed by atoms with Crippen LogP contribution in [0.5, 0.6) is 5.75 Å². The van der Waals surface area contributed by atoms with E-state index in [1.165, 1.54) is 0 Å². The van der Waals surface area contributed by atoms with Gasteiger partial charge in [-0.3, -0.25) is 4.79 Å². The Morgan fingerprint density at radius 3 is 2.39 bits per heavy atom. The fourth-order valence-electron chi connectivity index (χ4n) is 1.26. The van der Waals surface area contributed by atoms with E-state index in [1.54, 1.807) is 0 Å². The van der Waals surface area contributed by atoms with Crippen LogP contribution in [0, 0.1) is 5.41 Å². The molecular formula is C14H21NO3. The van der Waals surface area contributed by atoms with Crippen molar-refractivity contribution in [1.82, 2.24) is 0 Å².